The zero-order chi connectivity index (χ0) is 14.6. The molecule has 1 aromatic rings. The van der Waals surface area contributed by atoms with E-state index in [0.29, 0.717) is 0 Å². The third-order valence-electron chi connectivity index (χ3n) is 2.34. The number of allylic oxidation sites excluding steroid dienone is 1. The van der Waals surface area contributed by atoms with Gasteiger partial charge in [0, 0.05) is 6.54 Å². The Hall–Kier alpha value is -1.60. The summed E-state index contributed by atoms with van der Waals surface area (Å²) in [6.07, 6.45) is 1.71. The summed E-state index contributed by atoms with van der Waals surface area (Å²) in [5.74, 6) is -0.978. The van der Waals surface area contributed by atoms with Gasteiger partial charge in [0.15, 0.2) is 11.6 Å². The molecule has 5 nitrogen and oxygen atoms in total. The van der Waals surface area contributed by atoms with Crippen LogP contribution in [0.3, 0.4) is 0 Å². The van der Waals surface area contributed by atoms with E-state index >= 15 is 0 Å². The standard InChI is InChI=1S/C12H17FN2O3S/c1-8(2)4-5-15-19(16,17)9-6-10(13)12(18-3)11(14)7-9/h4,6-7,15H,5,14H2,1-3H3. The van der Waals surface area contributed by atoms with Crippen molar-refractivity contribution in [1.82, 2.24) is 4.72 Å². The van der Waals surface area contributed by atoms with E-state index in [-0.39, 0.29) is 22.9 Å². The Morgan fingerprint density at radius 2 is 2.11 bits per heavy atom. The van der Waals surface area contributed by atoms with Gasteiger partial charge >= 0.3 is 0 Å². The average molecular weight is 288 g/mol. The maximum atomic E-state index is 13.6. The number of benzene rings is 1. The van der Waals surface area contributed by atoms with Crippen LogP contribution in [-0.4, -0.2) is 22.1 Å². The first-order valence-electron chi connectivity index (χ1n) is 5.54. The molecule has 0 heterocycles. The van der Waals surface area contributed by atoms with Crippen molar-refractivity contribution in [3.05, 3.63) is 29.6 Å². The van der Waals surface area contributed by atoms with E-state index in [1.165, 1.54) is 7.11 Å². The monoisotopic (exact) mass is 288 g/mol. The molecule has 0 saturated heterocycles. The van der Waals surface area contributed by atoms with Crippen LogP contribution < -0.4 is 15.2 Å². The highest BCUT2D eigenvalue weighted by Crippen LogP contribution is 2.28. The van der Waals surface area contributed by atoms with Gasteiger partial charge in [0.1, 0.15) is 0 Å². The Kier molecular flexibility index (Phi) is 4.90. The zero-order valence-corrected chi connectivity index (χ0v) is 11.8. The highest BCUT2D eigenvalue weighted by molar-refractivity contribution is 7.89. The van der Waals surface area contributed by atoms with Crippen molar-refractivity contribution in [3.63, 3.8) is 0 Å². The molecule has 0 aliphatic heterocycles. The van der Waals surface area contributed by atoms with Crippen molar-refractivity contribution in [2.24, 2.45) is 0 Å². The number of nitrogens with one attached hydrogen (secondary N) is 1. The number of halogens is 1. The number of nitrogen functional groups attached to an aromatic ring is 1. The van der Waals surface area contributed by atoms with E-state index in [1.807, 2.05) is 13.8 Å². The van der Waals surface area contributed by atoms with E-state index < -0.39 is 15.8 Å². The number of hydrogen-bond donors (Lipinski definition) is 2. The molecule has 0 radical (unpaired) electrons. The Morgan fingerprint density at radius 3 is 2.58 bits per heavy atom. The highest BCUT2D eigenvalue weighted by atomic mass is 32.2. The molecule has 19 heavy (non-hydrogen) atoms. The molecular formula is C12H17FN2O3S. The van der Waals surface area contributed by atoms with Crippen LogP contribution in [0.4, 0.5) is 10.1 Å². The molecule has 0 atom stereocenters. The Labute approximate surface area is 112 Å². The van der Waals surface area contributed by atoms with Crippen LogP contribution in [0.5, 0.6) is 5.75 Å². The number of anilines is 1. The smallest absolute Gasteiger partial charge is 0.241 e. The average Bonchev–Trinajstić information content (AvgIpc) is 2.27. The molecule has 3 N–H and O–H groups in total. The number of sulfonamides is 1. The summed E-state index contributed by atoms with van der Waals surface area (Å²) in [5.41, 5.74) is 6.45. The lowest BCUT2D eigenvalue weighted by Crippen LogP contribution is -2.24. The molecule has 0 bridgehead atoms. The molecule has 1 rings (SSSR count). The summed E-state index contributed by atoms with van der Waals surface area (Å²) >= 11 is 0. The number of nitrogens with two attached hydrogens (primary N) is 1. The van der Waals surface area contributed by atoms with Crippen LogP contribution in [0.1, 0.15) is 13.8 Å². The van der Waals surface area contributed by atoms with Gasteiger partial charge in [0.2, 0.25) is 10.0 Å². The van der Waals surface area contributed by atoms with Crippen LogP contribution in [0.15, 0.2) is 28.7 Å². The highest BCUT2D eigenvalue weighted by Gasteiger charge is 2.18. The van der Waals surface area contributed by atoms with Gasteiger partial charge in [0.25, 0.3) is 0 Å². The lowest BCUT2D eigenvalue weighted by atomic mass is 10.3. The predicted molar refractivity (Wildman–Crippen MR) is 72.0 cm³/mol. The summed E-state index contributed by atoms with van der Waals surface area (Å²) in [6, 6.07) is 2.03. The largest absolute Gasteiger partial charge is 0.492 e. The van der Waals surface area contributed by atoms with Gasteiger partial charge in [-0.25, -0.2) is 17.5 Å². The molecule has 0 fully saturated rings. The van der Waals surface area contributed by atoms with Crippen molar-refractivity contribution < 1.29 is 17.5 Å². The van der Waals surface area contributed by atoms with Gasteiger partial charge in [0.05, 0.1) is 17.7 Å². The van der Waals surface area contributed by atoms with E-state index in [1.54, 1.807) is 6.08 Å². The fraction of sp³-hybridized carbons (Fsp3) is 0.333. The lowest BCUT2D eigenvalue weighted by molar-refractivity contribution is 0.388. The van der Waals surface area contributed by atoms with E-state index in [9.17, 15) is 12.8 Å². The number of methoxy groups -OCH3 is 1. The van der Waals surface area contributed by atoms with Crippen LogP contribution in [-0.2, 0) is 10.0 Å². The minimum absolute atomic E-state index is 0.0647. The van der Waals surface area contributed by atoms with Crippen LogP contribution in [0.25, 0.3) is 0 Å². The van der Waals surface area contributed by atoms with Crippen LogP contribution >= 0.6 is 0 Å². The molecule has 0 amide bonds. The second-order valence-corrected chi connectivity index (χ2v) is 5.93. The van der Waals surface area contributed by atoms with Crippen molar-refractivity contribution in [1.29, 1.82) is 0 Å². The summed E-state index contributed by atoms with van der Waals surface area (Å²) in [7, 11) is -2.54. The van der Waals surface area contributed by atoms with Gasteiger partial charge in [-0.3, -0.25) is 0 Å². The fourth-order valence-corrected chi connectivity index (χ4v) is 2.41. The molecule has 0 aliphatic carbocycles. The number of ether oxygens (including phenoxy) is 1. The molecule has 7 heteroatoms. The minimum Gasteiger partial charge on any atom is -0.492 e. The maximum Gasteiger partial charge on any atom is 0.241 e. The fourth-order valence-electron chi connectivity index (χ4n) is 1.40. The van der Waals surface area contributed by atoms with Gasteiger partial charge in [-0.15, -0.1) is 0 Å². The van der Waals surface area contributed by atoms with Crippen molar-refractivity contribution in [2.75, 3.05) is 19.4 Å². The first-order chi connectivity index (χ1) is 8.77. The van der Waals surface area contributed by atoms with E-state index in [0.717, 1.165) is 17.7 Å². The van der Waals surface area contributed by atoms with Gasteiger partial charge in [-0.05, 0) is 26.0 Å². The van der Waals surface area contributed by atoms with Gasteiger partial charge in [-0.1, -0.05) is 11.6 Å². The van der Waals surface area contributed by atoms with E-state index in [4.69, 9.17) is 10.5 Å². The molecule has 0 spiro atoms. The Balaban J connectivity index is 3.06. The molecule has 1 aromatic carbocycles. The topological polar surface area (TPSA) is 81.4 Å². The molecular weight excluding hydrogens is 271 g/mol. The third-order valence-corrected chi connectivity index (χ3v) is 3.75. The number of rotatable bonds is 5. The van der Waals surface area contributed by atoms with Crippen molar-refractivity contribution >= 4 is 15.7 Å². The predicted octanol–water partition coefficient (Wildman–Crippen LogP) is 1.66. The van der Waals surface area contributed by atoms with Gasteiger partial charge in [-0.2, -0.15) is 0 Å². The van der Waals surface area contributed by atoms with Crippen molar-refractivity contribution in [3.8, 4) is 5.75 Å². The molecule has 0 saturated carbocycles. The summed E-state index contributed by atoms with van der Waals surface area (Å²) in [6.45, 7) is 3.83. The van der Waals surface area contributed by atoms with Crippen molar-refractivity contribution in [2.45, 2.75) is 18.7 Å². The SMILES string of the molecule is COc1c(N)cc(S(=O)(=O)NCC=C(C)C)cc1F. The van der Waals surface area contributed by atoms with Crippen LogP contribution in [0.2, 0.25) is 0 Å². The summed E-state index contributed by atoms with van der Waals surface area (Å²) < 4.78 is 44.5. The summed E-state index contributed by atoms with van der Waals surface area (Å²) in [5, 5.41) is 0. The number of hydrogen-bond acceptors (Lipinski definition) is 4. The second-order valence-electron chi connectivity index (χ2n) is 4.16. The normalized spacial score (nSPS) is 11.2. The first-order valence-corrected chi connectivity index (χ1v) is 7.02. The zero-order valence-electron chi connectivity index (χ0n) is 11.0. The quantitative estimate of drug-likeness (QED) is 0.638. The molecule has 0 aromatic heterocycles. The molecule has 0 aliphatic rings. The third kappa shape index (κ3) is 3.93. The lowest BCUT2D eigenvalue weighted by Gasteiger charge is -2.10. The summed E-state index contributed by atoms with van der Waals surface area (Å²) in [4.78, 5) is -0.231. The van der Waals surface area contributed by atoms with Gasteiger partial charge < -0.3 is 10.5 Å². The maximum absolute atomic E-state index is 13.6. The van der Waals surface area contributed by atoms with Crippen LogP contribution in [0, 0.1) is 5.82 Å². The first kappa shape index (κ1) is 15.5. The Morgan fingerprint density at radius 1 is 1.47 bits per heavy atom. The second kappa shape index (κ2) is 6.03. The molecule has 106 valence electrons. The van der Waals surface area contributed by atoms with E-state index in [2.05, 4.69) is 4.72 Å². The minimum atomic E-state index is -3.80. The Bertz CT molecular complexity index is 570. The molecule has 0 unspecified atom stereocenters.